The number of hydrogen-bond donors (Lipinski definition) is 1. The van der Waals surface area contributed by atoms with Crippen LogP contribution in [0.3, 0.4) is 0 Å². The lowest BCUT2D eigenvalue weighted by atomic mass is 10.1. The Morgan fingerprint density at radius 2 is 2.00 bits per heavy atom. The Morgan fingerprint density at radius 1 is 1.23 bits per heavy atom. The Bertz CT molecular complexity index is 652. The zero-order chi connectivity index (χ0) is 15.5. The van der Waals surface area contributed by atoms with Gasteiger partial charge in [-0.2, -0.15) is 0 Å². The Kier molecular flexibility index (Phi) is 4.45. The first-order valence-electron chi connectivity index (χ1n) is 7.75. The predicted molar refractivity (Wildman–Crippen MR) is 88.8 cm³/mol. The highest BCUT2D eigenvalue weighted by atomic mass is 16.5. The van der Waals surface area contributed by atoms with Crippen LogP contribution in [0.25, 0.3) is 10.9 Å². The van der Waals surface area contributed by atoms with E-state index in [2.05, 4.69) is 28.9 Å². The van der Waals surface area contributed by atoms with Crippen molar-refractivity contribution < 1.29 is 9.84 Å². The van der Waals surface area contributed by atoms with E-state index in [0.717, 1.165) is 55.2 Å². The van der Waals surface area contributed by atoms with Crippen LogP contribution in [0.5, 0.6) is 5.75 Å². The average molecular weight is 301 g/mol. The molecule has 0 saturated carbocycles. The summed E-state index contributed by atoms with van der Waals surface area (Å²) >= 11 is 0. The molecule has 118 valence electrons. The predicted octanol–water partition coefficient (Wildman–Crippen LogP) is 1.67. The van der Waals surface area contributed by atoms with E-state index in [0.29, 0.717) is 0 Å². The van der Waals surface area contributed by atoms with Crippen molar-refractivity contribution in [3.8, 4) is 5.75 Å². The van der Waals surface area contributed by atoms with Gasteiger partial charge in [-0.3, -0.25) is 4.90 Å². The van der Waals surface area contributed by atoms with Crippen molar-refractivity contribution in [1.29, 1.82) is 0 Å². The highest BCUT2D eigenvalue weighted by Crippen LogP contribution is 2.29. The van der Waals surface area contributed by atoms with Gasteiger partial charge in [-0.05, 0) is 24.6 Å². The Hall–Kier alpha value is -1.85. The number of β-amino-alcohol motifs (C(OH)–C–C–N with tert-alkyl or cyclic N) is 1. The molecule has 1 aromatic carbocycles. The summed E-state index contributed by atoms with van der Waals surface area (Å²) in [5.41, 5.74) is 2.15. The Balaban J connectivity index is 1.89. The summed E-state index contributed by atoms with van der Waals surface area (Å²) in [7, 11) is 1.69. The molecule has 0 atom stereocenters. The number of fused-ring (bicyclic) bond motifs is 1. The van der Waals surface area contributed by atoms with E-state index in [1.54, 1.807) is 7.11 Å². The standard InChI is InChI=1S/C17H23N3O2/c1-13-12-16(20-8-6-19(7-9-20)10-11-21)18-17-14(13)4-3-5-15(17)22-2/h3-5,12,21H,6-11H2,1-2H3. The van der Waals surface area contributed by atoms with Gasteiger partial charge in [0.1, 0.15) is 17.1 Å². The van der Waals surface area contributed by atoms with Gasteiger partial charge in [0.05, 0.1) is 13.7 Å². The quantitative estimate of drug-likeness (QED) is 0.931. The molecule has 1 aromatic heterocycles. The van der Waals surface area contributed by atoms with E-state index in [4.69, 9.17) is 14.8 Å². The molecule has 2 aromatic rings. The summed E-state index contributed by atoms with van der Waals surface area (Å²) in [6.07, 6.45) is 0. The summed E-state index contributed by atoms with van der Waals surface area (Å²) in [6, 6.07) is 8.20. The molecule has 5 heteroatoms. The van der Waals surface area contributed by atoms with Gasteiger partial charge in [0, 0.05) is 38.1 Å². The fraction of sp³-hybridized carbons (Fsp3) is 0.471. The molecule has 0 unspecified atom stereocenters. The molecular formula is C17H23N3O2. The van der Waals surface area contributed by atoms with E-state index in [1.807, 2.05) is 12.1 Å². The zero-order valence-corrected chi connectivity index (χ0v) is 13.2. The first-order chi connectivity index (χ1) is 10.7. The highest BCUT2D eigenvalue weighted by Gasteiger charge is 2.19. The van der Waals surface area contributed by atoms with Crippen LogP contribution in [-0.2, 0) is 0 Å². The van der Waals surface area contributed by atoms with Crippen LogP contribution in [-0.4, -0.2) is 61.4 Å². The van der Waals surface area contributed by atoms with Crippen LogP contribution >= 0.6 is 0 Å². The number of pyridine rings is 1. The number of ether oxygens (including phenoxy) is 1. The van der Waals surface area contributed by atoms with Crippen LogP contribution in [0.2, 0.25) is 0 Å². The molecule has 0 radical (unpaired) electrons. The zero-order valence-electron chi connectivity index (χ0n) is 13.2. The first kappa shape index (κ1) is 15.1. The van der Waals surface area contributed by atoms with E-state index in [9.17, 15) is 0 Å². The minimum Gasteiger partial charge on any atom is -0.494 e. The lowest BCUT2D eigenvalue weighted by Crippen LogP contribution is -2.47. The average Bonchev–Trinajstić information content (AvgIpc) is 2.55. The van der Waals surface area contributed by atoms with E-state index < -0.39 is 0 Å². The summed E-state index contributed by atoms with van der Waals surface area (Å²) in [5.74, 6) is 1.83. The number of aryl methyl sites for hydroxylation is 1. The number of anilines is 1. The second-order valence-electron chi connectivity index (χ2n) is 5.71. The number of aromatic nitrogens is 1. The molecular weight excluding hydrogens is 278 g/mol. The molecule has 0 amide bonds. The number of benzene rings is 1. The van der Waals surface area contributed by atoms with Gasteiger partial charge in [0.15, 0.2) is 0 Å². The van der Waals surface area contributed by atoms with E-state index >= 15 is 0 Å². The second kappa shape index (κ2) is 6.50. The van der Waals surface area contributed by atoms with Gasteiger partial charge in [-0.1, -0.05) is 12.1 Å². The number of nitrogens with zero attached hydrogens (tertiary/aromatic N) is 3. The lowest BCUT2D eigenvalue weighted by molar-refractivity contribution is 0.188. The van der Waals surface area contributed by atoms with Gasteiger partial charge in [0.25, 0.3) is 0 Å². The number of piperazine rings is 1. The highest BCUT2D eigenvalue weighted by molar-refractivity contribution is 5.88. The van der Waals surface area contributed by atoms with Crippen LogP contribution in [0, 0.1) is 6.92 Å². The monoisotopic (exact) mass is 301 g/mol. The lowest BCUT2D eigenvalue weighted by Gasteiger charge is -2.35. The number of hydrogen-bond acceptors (Lipinski definition) is 5. The topological polar surface area (TPSA) is 48.8 Å². The van der Waals surface area contributed by atoms with Crippen molar-refractivity contribution in [2.24, 2.45) is 0 Å². The van der Waals surface area contributed by atoms with Crippen LogP contribution in [0.4, 0.5) is 5.82 Å². The molecule has 22 heavy (non-hydrogen) atoms. The molecule has 5 nitrogen and oxygen atoms in total. The summed E-state index contributed by atoms with van der Waals surface area (Å²) in [5, 5.41) is 10.2. The molecule has 1 N–H and O–H groups in total. The van der Waals surface area contributed by atoms with E-state index in [-0.39, 0.29) is 6.61 Å². The third-order valence-electron chi connectivity index (χ3n) is 4.33. The fourth-order valence-corrected chi connectivity index (χ4v) is 3.04. The van der Waals surface area contributed by atoms with Crippen molar-refractivity contribution >= 4 is 16.7 Å². The van der Waals surface area contributed by atoms with E-state index in [1.165, 1.54) is 5.56 Å². The molecule has 0 spiro atoms. The molecule has 0 bridgehead atoms. The minimum atomic E-state index is 0.227. The molecule has 0 aliphatic carbocycles. The SMILES string of the molecule is COc1cccc2c(C)cc(N3CCN(CCO)CC3)nc12. The van der Waals surface area contributed by atoms with Crippen molar-refractivity contribution in [3.63, 3.8) is 0 Å². The van der Waals surface area contributed by atoms with Crippen LogP contribution < -0.4 is 9.64 Å². The van der Waals surface area contributed by atoms with Crippen molar-refractivity contribution in [3.05, 3.63) is 29.8 Å². The van der Waals surface area contributed by atoms with Crippen molar-refractivity contribution in [2.45, 2.75) is 6.92 Å². The number of methoxy groups -OCH3 is 1. The second-order valence-corrected chi connectivity index (χ2v) is 5.71. The van der Waals surface area contributed by atoms with Gasteiger partial charge in [0.2, 0.25) is 0 Å². The van der Waals surface area contributed by atoms with Gasteiger partial charge in [-0.25, -0.2) is 4.98 Å². The van der Waals surface area contributed by atoms with Gasteiger partial charge < -0.3 is 14.7 Å². The van der Waals surface area contributed by atoms with Crippen LogP contribution in [0.15, 0.2) is 24.3 Å². The summed E-state index contributed by atoms with van der Waals surface area (Å²) in [6.45, 7) is 6.90. The first-order valence-corrected chi connectivity index (χ1v) is 7.75. The Labute approximate surface area is 131 Å². The van der Waals surface area contributed by atoms with Crippen molar-refractivity contribution in [2.75, 3.05) is 51.3 Å². The summed E-state index contributed by atoms with van der Waals surface area (Å²) in [4.78, 5) is 9.43. The number of aliphatic hydroxyl groups excluding tert-OH is 1. The normalized spacial score (nSPS) is 16.2. The summed E-state index contributed by atoms with van der Waals surface area (Å²) < 4.78 is 5.46. The Morgan fingerprint density at radius 3 is 2.68 bits per heavy atom. The molecule has 2 heterocycles. The third kappa shape index (κ3) is 2.87. The minimum absolute atomic E-state index is 0.227. The smallest absolute Gasteiger partial charge is 0.145 e. The molecule has 1 fully saturated rings. The van der Waals surface area contributed by atoms with Crippen molar-refractivity contribution in [1.82, 2.24) is 9.88 Å². The number of rotatable bonds is 4. The third-order valence-corrected chi connectivity index (χ3v) is 4.33. The molecule has 1 aliphatic heterocycles. The van der Waals surface area contributed by atoms with Gasteiger partial charge >= 0.3 is 0 Å². The maximum atomic E-state index is 9.03. The number of aliphatic hydroxyl groups is 1. The maximum absolute atomic E-state index is 9.03. The molecule has 3 rings (SSSR count). The largest absolute Gasteiger partial charge is 0.494 e. The van der Waals surface area contributed by atoms with Gasteiger partial charge in [-0.15, -0.1) is 0 Å². The van der Waals surface area contributed by atoms with Crippen LogP contribution in [0.1, 0.15) is 5.56 Å². The fourth-order valence-electron chi connectivity index (χ4n) is 3.04. The maximum Gasteiger partial charge on any atom is 0.145 e. The number of para-hydroxylation sites is 1. The molecule has 1 aliphatic rings. The molecule has 1 saturated heterocycles.